The van der Waals surface area contributed by atoms with Crippen molar-refractivity contribution in [1.29, 1.82) is 0 Å². The summed E-state index contributed by atoms with van der Waals surface area (Å²) in [4.78, 5) is 6.67. The summed E-state index contributed by atoms with van der Waals surface area (Å²) in [5.41, 5.74) is 3.15. The molecule has 3 rings (SSSR count). The first-order valence-electron chi connectivity index (χ1n) is 10.5. The van der Waals surface area contributed by atoms with Crippen LogP contribution in [0.4, 0.5) is 11.4 Å². The molecule has 0 fully saturated rings. The summed E-state index contributed by atoms with van der Waals surface area (Å²) < 4.78 is 34.1. The lowest BCUT2D eigenvalue weighted by Gasteiger charge is -2.25. The fraction of sp³-hybridized carbons (Fsp3) is 0.500. The van der Waals surface area contributed by atoms with Gasteiger partial charge in [-0.3, -0.25) is 4.98 Å². The Morgan fingerprint density at radius 3 is 2.63 bits per heavy atom. The minimum atomic E-state index is -3.61. The number of nitrogens with one attached hydrogen (secondary N) is 2. The lowest BCUT2D eigenvalue weighted by molar-refractivity contribution is 0.112. The van der Waals surface area contributed by atoms with E-state index in [1.807, 2.05) is 38.2 Å². The average Bonchev–Trinajstić information content (AvgIpc) is 3.06. The Labute approximate surface area is 179 Å². The van der Waals surface area contributed by atoms with Crippen molar-refractivity contribution < 1.29 is 13.2 Å². The number of fused-ring (bicyclic) bond motifs is 1. The van der Waals surface area contributed by atoms with Gasteiger partial charge in [0.1, 0.15) is 0 Å². The molecule has 1 aromatic carbocycles. The standard InChI is InChI=1S/C22H32N4O3S/c1-5-16(3)21(15-29-6-2)25-30(27,28)19-9-7-18(8-10-19)14-26-17(4)24-20-13-23-12-11-22(20)26/h7-13,16-17,21,24-25H,5-6,14-15H2,1-4H3. The summed E-state index contributed by atoms with van der Waals surface area (Å²) in [5.74, 6) is 0.185. The van der Waals surface area contributed by atoms with Crippen LogP contribution >= 0.6 is 0 Å². The van der Waals surface area contributed by atoms with Gasteiger partial charge in [0, 0.05) is 25.4 Å². The molecule has 3 atom stereocenters. The SMILES string of the molecule is CCOCC(NS(=O)(=O)c1ccc(CN2c3ccncc3NC2C)cc1)C(C)CC. The third kappa shape index (κ3) is 5.11. The second kappa shape index (κ2) is 9.76. The van der Waals surface area contributed by atoms with Crippen molar-refractivity contribution in [2.24, 2.45) is 5.92 Å². The minimum Gasteiger partial charge on any atom is -0.380 e. The lowest BCUT2D eigenvalue weighted by Crippen LogP contribution is -2.42. The van der Waals surface area contributed by atoms with Gasteiger partial charge in [-0.25, -0.2) is 13.1 Å². The molecule has 1 aromatic heterocycles. The first-order valence-corrected chi connectivity index (χ1v) is 12.0. The first-order chi connectivity index (χ1) is 14.4. The van der Waals surface area contributed by atoms with Crippen molar-refractivity contribution in [3.8, 4) is 0 Å². The predicted octanol–water partition coefficient (Wildman–Crippen LogP) is 3.59. The number of sulfonamides is 1. The van der Waals surface area contributed by atoms with Crippen molar-refractivity contribution in [2.75, 3.05) is 23.4 Å². The number of aromatic nitrogens is 1. The topological polar surface area (TPSA) is 83.6 Å². The highest BCUT2D eigenvalue weighted by molar-refractivity contribution is 7.89. The normalized spacial score (nSPS) is 18.0. The molecular formula is C22H32N4O3S. The van der Waals surface area contributed by atoms with Crippen LogP contribution in [0.5, 0.6) is 0 Å². The molecule has 7 nitrogen and oxygen atoms in total. The van der Waals surface area contributed by atoms with E-state index in [1.165, 1.54) is 0 Å². The van der Waals surface area contributed by atoms with E-state index in [1.54, 1.807) is 18.3 Å². The van der Waals surface area contributed by atoms with Crippen LogP contribution in [0.25, 0.3) is 0 Å². The molecular weight excluding hydrogens is 400 g/mol. The van der Waals surface area contributed by atoms with Gasteiger partial charge in [0.25, 0.3) is 0 Å². The lowest BCUT2D eigenvalue weighted by atomic mass is 10.0. The highest BCUT2D eigenvalue weighted by atomic mass is 32.2. The van der Waals surface area contributed by atoms with Crippen LogP contribution in [0.2, 0.25) is 0 Å². The van der Waals surface area contributed by atoms with Crippen molar-refractivity contribution in [1.82, 2.24) is 9.71 Å². The molecule has 0 bridgehead atoms. The van der Waals surface area contributed by atoms with E-state index in [2.05, 4.69) is 33.8 Å². The summed E-state index contributed by atoms with van der Waals surface area (Å²) in [6.45, 7) is 9.70. The highest BCUT2D eigenvalue weighted by Gasteiger charge is 2.26. The maximum Gasteiger partial charge on any atom is 0.240 e. The molecule has 2 aromatic rings. The Bertz CT molecular complexity index is 934. The van der Waals surface area contributed by atoms with Gasteiger partial charge in [0.05, 0.1) is 35.2 Å². The number of ether oxygens (including phenoxy) is 1. The molecule has 2 heterocycles. The van der Waals surface area contributed by atoms with Crippen LogP contribution in [0.3, 0.4) is 0 Å². The second-order valence-electron chi connectivity index (χ2n) is 7.76. The van der Waals surface area contributed by atoms with Gasteiger partial charge < -0.3 is 15.0 Å². The van der Waals surface area contributed by atoms with Gasteiger partial charge in [-0.15, -0.1) is 0 Å². The smallest absolute Gasteiger partial charge is 0.240 e. The average molecular weight is 433 g/mol. The summed E-state index contributed by atoms with van der Waals surface area (Å²) >= 11 is 0. The van der Waals surface area contributed by atoms with Gasteiger partial charge in [-0.05, 0) is 43.5 Å². The summed E-state index contributed by atoms with van der Waals surface area (Å²) in [5, 5.41) is 3.40. The summed E-state index contributed by atoms with van der Waals surface area (Å²) in [6.07, 6.45) is 4.62. The zero-order chi connectivity index (χ0) is 21.7. The molecule has 0 saturated heterocycles. The van der Waals surface area contributed by atoms with Crippen molar-refractivity contribution in [3.05, 3.63) is 48.3 Å². The van der Waals surface area contributed by atoms with Crippen LogP contribution in [0, 0.1) is 5.92 Å². The van der Waals surface area contributed by atoms with Gasteiger partial charge in [-0.1, -0.05) is 32.4 Å². The van der Waals surface area contributed by atoms with Crippen LogP contribution < -0.4 is 14.9 Å². The quantitative estimate of drug-likeness (QED) is 0.597. The Kier molecular flexibility index (Phi) is 7.33. The monoisotopic (exact) mass is 432 g/mol. The largest absolute Gasteiger partial charge is 0.380 e. The van der Waals surface area contributed by atoms with Crippen LogP contribution in [-0.4, -0.2) is 38.8 Å². The van der Waals surface area contributed by atoms with Gasteiger partial charge in [0.15, 0.2) is 0 Å². The van der Waals surface area contributed by atoms with E-state index in [0.717, 1.165) is 23.4 Å². The van der Waals surface area contributed by atoms with E-state index in [9.17, 15) is 8.42 Å². The van der Waals surface area contributed by atoms with E-state index >= 15 is 0 Å². The van der Waals surface area contributed by atoms with Crippen LogP contribution in [0.1, 0.15) is 39.7 Å². The fourth-order valence-electron chi connectivity index (χ4n) is 3.56. The van der Waals surface area contributed by atoms with E-state index in [0.29, 0.717) is 19.8 Å². The molecule has 30 heavy (non-hydrogen) atoms. The predicted molar refractivity (Wildman–Crippen MR) is 120 cm³/mol. The third-order valence-electron chi connectivity index (χ3n) is 5.66. The number of pyridine rings is 1. The molecule has 3 unspecified atom stereocenters. The first kappa shape index (κ1) is 22.5. The fourth-order valence-corrected chi connectivity index (χ4v) is 4.89. The molecule has 1 aliphatic rings. The number of nitrogens with zero attached hydrogens (tertiary/aromatic N) is 2. The Balaban J connectivity index is 1.71. The van der Waals surface area contributed by atoms with Gasteiger partial charge in [0.2, 0.25) is 10.0 Å². The van der Waals surface area contributed by atoms with Crippen molar-refractivity contribution in [2.45, 2.75) is 57.8 Å². The molecule has 0 aliphatic carbocycles. The number of hydrogen-bond donors (Lipinski definition) is 2. The zero-order valence-corrected chi connectivity index (χ0v) is 18.9. The minimum absolute atomic E-state index is 0.143. The molecule has 0 saturated carbocycles. The van der Waals surface area contributed by atoms with Gasteiger partial charge >= 0.3 is 0 Å². The Hall–Kier alpha value is -2.16. The number of anilines is 2. The maximum atomic E-state index is 12.9. The molecule has 0 spiro atoms. The van der Waals surface area contributed by atoms with Gasteiger partial charge in [-0.2, -0.15) is 0 Å². The molecule has 8 heteroatoms. The third-order valence-corrected chi connectivity index (χ3v) is 7.17. The Morgan fingerprint density at radius 2 is 1.97 bits per heavy atom. The van der Waals surface area contributed by atoms with Crippen LogP contribution in [0.15, 0.2) is 47.6 Å². The second-order valence-corrected chi connectivity index (χ2v) is 9.47. The molecule has 0 radical (unpaired) electrons. The van der Waals surface area contributed by atoms with Crippen LogP contribution in [-0.2, 0) is 21.3 Å². The maximum absolute atomic E-state index is 12.9. The summed E-state index contributed by atoms with van der Waals surface area (Å²) in [6, 6.07) is 8.84. The molecule has 2 N–H and O–H groups in total. The van der Waals surface area contributed by atoms with Crippen molar-refractivity contribution in [3.63, 3.8) is 0 Å². The number of hydrogen-bond acceptors (Lipinski definition) is 6. The van der Waals surface area contributed by atoms with E-state index < -0.39 is 10.0 Å². The zero-order valence-electron chi connectivity index (χ0n) is 18.1. The Morgan fingerprint density at radius 1 is 1.23 bits per heavy atom. The molecule has 164 valence electrons. The number of rotatable bonds is 10. The van der Waals surface area contributed by atoms with E-state index in [-0.39, 0.29) is 23.0 Å². The number of benzene rings is 1. The summed E-state index contributed by atoms with van der Waals surface area (Å²) in [7, 11) is -3.61. The molecule has 0 amide bonds. The van der Waals surface area contributed by atoms with E-state index in [4.69, 9.17) is 4.74 Å². The highest BCUT2D eigenvalue weighted by Crippen LogP contribution is 2.34. The van der Waals surface area contributed by atoms with Crippen molar-refractivity contribution >= 4 is 21.4 Å². The molecule has 1 aliphatic heterocycles.